The van der Waals surface area contributed by atoms with Crippen LogP contribution in [0.4, 0.5) is 5.69 Å². The largest absolute Gasteiger partial charge is 0.324 e. The Hall–Kier alpha value is -1.91. The zero-order valence-corrected chi connectivity index (χ0v) is 9.53. The topological polar surface area (TPSA) is 70.7 Å². The Morgan fingerprint density at radius 1 is 1.31 bits per heavy atom. The molecule has 0 saturated heterocycles. The first-order valence-corrected chi connectivity index (χ1v) is 5.09. The standard InChI is InChI=1S/C11H14N4O/c1-11(2,3)10(16)12-7-5-4-6-8-9(7)14-15-13-8/h4-6H,1-3H3,(H,12,16)(H,13,14,15). The summed E-state index contributed by atoms with van der Waals surface area (Å²) in [5.41, 5.74) is 1.68. The second-order valence-corrected chi connectivity index (χ2v) is 4.70. The van der Waals surface area contributed by atoms with Crippen LogP contribution < -0.4 is 5.32 Å². The zero-order valence-electron chi connectivity index (χ0n) is 9.53. The Morgan fingerprint density at radius 2 is 2.06 bits per heavy atom. The molecule has 0 aliphatic heterocycles. The van der Waals surface area contributed by atoms with E-state index in [-0.39, 0.29) is 5.91 Å². The first kappa shape index (κ1) is 10.6. The van der Waals surface area contributed by atoms with Crippen molar-refractivity contribution in [3.8, 4) is 0 Å². The number of para-hydroxylation sites is 1. The minimum Gasteiger partial charge on any atom is -0.324 e. The summed E-state index contributed by atoms with van der Waals surface area (Å²) in [5.74, 6) is -0.0389. The molecular weight excluding hydrogens is 204 g/mol. The SMILES string of the molecule is CC(C)(C)C(=O)Nc1cccc2n[nH]nc12. The summed E-state index contributed by atoms with van der Waals surface area (Å²) in [5, 5.41) is 13.4. The Labute approximate surface area is 93.2 Å². The average Bonchev–Trinajstić information content (AvgIpc) is 2.65. The van der Waals surface area contributed by atoms with E-state index in [0.717, 1.165) is 5.52 Å². The molecule has 0 unspecified atom stereocenters. The summed E-state index contributed by atoms with van der Waals surface area (Å²) in [7, 11) is 0. The first-order valence-electron chi connectivity index (χ1n) is 5.09. The van der Waals surface area contributed by atoms with Crippen LogP contribution in [0.2, 0.25) is 0 Å². The Kier molecular flexibility index (Phi) is 2.38. The van der Waals surface area contributed by atoms with Gasteiger partial charge in [0.15, 0.2) is 0 Å². The van der Waals surface area contributed by atoms with Crippen LogP contribution >= 0.6 is 0 Å². The number of aromatic nitrogens is 3. The van der Waals surface area contributed by atoms with Gasteiger partial charge < -0.3 is 5.32 Å². The number of nitrogens with one attached hydrogen (secondary N) is 2. The third kappa shape index (κ3) is 1.88. The molecule has 0 atom stereocenters. The van der Waals surface area contributed by atoms with Gasteiger partial charge in [-0.3, -0.25) is 4.79 Å². The third-order valence-corrected chi connectivity index (χ3v) is 2.28. The number of anilines is 1. The molecular formula is C11H14N4O. The molecule has 2 aromatic rings. The summed E-state index contributed by atoms with van der Waals surface area (Å²) in [6.07, 6.45) is 0. The second-order valence-electron chi connectivity index (χ2n) is 4.70. The van der Waals surface area contributed by atoms with E-state index in [4.69, 9.17) is 0 Å². The van der Waals surface area contributed by atoms with E-state index in [1.54, 1.807) is 0 Å². The van der Waals surface area contributed by atoms with E-state index in [9.17, 15) is 4.79 Å². The number of amides is 1. The molecule has 5 nitrogen and oxygen atoms in total. The van der Waals surface area contributed by atoms with Gasteiger partial charge in [0.1, 0.15) is 11.0 Å². The number of hydrogen-bond acceptors (Lipinski definition) is 3. The predicted octanol–water partition coefficient (Wildman–Crippen LogP) is 1.94. The molecule has 0 bridgehead atoms. The number of nitrogens with zero attached hydrogens (tertiary/aromatic N) is 2. The van der Waals surface area contributed by atoms with Gasteiger partial charge in [-0.15, -0.1) is 0 Å². The van der Waals surface area contributed by atoms with Crippen LogP contribution in [-0.4, -0.2) is 21.3 Å². The molecule has 0 spiro atoms. The first-order chi connectivity index (χ1) is 7.48. The van der Waals surface area contributed by atoms with Gasteiger partial charge in [-0.1, -0.05) is 26.8 Å². The lowest BCUT2D eigenvalue weighted by Crippen LogP contribution is -2.27. The molecule has 1 heterocycles. The van der Waals surface area contributed by atoms with Crippen LogP contribution in [0.3, 0.4) is 0 Å². The lowest BCUT2D eigenvalue weighted by molar-refractivity contribution is -0.123. The molecule has 2 rings (SSSR count). The quantitative estimate of drug-likeness (QED) is 0.768. The number of benzene rings is 1. The van der Waals surface area contributed by atoms with Crippen molar-refractivity contribution in [2.45, 2.75) is 20.8 Å². The molecule has 0 radical (unpaired) electrons. The van der Waals surface area contributed by atoms with Crippen molar-refractivity contribution < 1.29 is 4.79 Å². The van der Waals surface area contributed by atoms with Crippen LogP contribution in [0.1, 0.15) is 20.8 Å². The number of fused-ring (bicyclic) bond motifs is 1. The van der Waals surface area contributed by atoms with Crippen molar-refractivity contribution in [2.75, 3.05) is 5.32 Å². The maximum absolute atomic E-state index is 11.8. The molecule has 0 saturated carbocycles. The lowest BCUT2D eigenvalue weighted by atomic mass is 9.95. The van der Waals surface area contributed by atoms with Gasteiger partial charge in [-0.25, -0.2) is 0 Å². The van der Waals surface area contributed by atoms with Gasteiger partial charge in [0, 0.05) is 5.41 Å². The van der Waals surface area contributed by atoms with Crippen molar-refractivity contribution in [2.24, 2.45) is 5.41 Å². The smallest absolute Gasteiger partial charge is 0.229 e. The van der Waals surface area contributed by atoms with Crippen molar-refractivity contribution in [1.82, 2.24) is 15.4 Å². The summed E-state index contributed by atoms with van der Waals surface area (Å²) < 4.78 is 0. The monoisotopic (exact) mass is 218 g/mol. The summed E-state index contributed by atoms with van der Waals surface area (Å²) >= 11 is 0. The minimum absolute atomic E-state index is 0.0389. The Morgan fingerprint density at radius 3 is 2.75 bits per heavy atom. The molecule has 16 heavy (non-hydrogen) atoms. The van der Waals surface area contributed by atoms with Gasteiger partial charge in [0.2, 0.25) is 5.91 Å². The zero-order chi connectivity index (χ0) is 11.8. The fourth-order valence-corrected chi connectivity index (χ4v) is 1.28. The van der Waals surface area contributed by atoms with E-state index in [2.05, 4.69) is 20.7 Å². The van der Waals surface area contributed by atoms with Gasteiger partial charge >= 0.3 is 0 Å². The van der Waals surface area contributed by atoms with Crippen molar-refractivity contribution in [3.63, 3.8) is 0 Å². The Balaban J connectivity index is 2.35. The molecule has 0 fully saturated rings. The number of carbonyl (C=O) groups is 1. The highest BCUT2D eigenvalue weighted by Gasteiger charge is 2.22. The summed E-state index contributed by atoms with van der Waals surface area (Å²) in [4.78, 5) is 11.8. The maximum Gasteiger partial charge on any atom is 0.229 e. The minimum atomic E-state index is -0.425. The summed E-state index contributed by atoms with van der Waals surface area (Å²) in [6.45, 7) is 5.60. The molecule has 1 aromatic heterocycles. The molecule has 1 amide bonds. The van der Waals surface area contributed by atoms with E-state index in [1.807, 2.05) is 39.0 Å². The van der Waals surface area contributed by atoms with Gasteiger partial charge in [-0.2, -0.15) is 15.4 Å². The van der Waals surface area contributed by atoms with Crippen LogP contribution in [0.5, 0.6) is 0 Å². The number of carbonyl (C=O) groups excluding carboxylic acids is 1. The van der Waals surface area contributed by atoms with Gasteiger partial charge in [-0.05, 0) is 12.1 Å². The van der Waals surface area contributed by atoms with Crippen molar-refractivity contribution in [3.05, 3.63) is 18.2 Å². The second kappa shape index (κ2) is 3.59. The predicted molar refractivity (Wildman–Crippen MR) is 62.0 cm³/mol. The molecule has 2 N–H and O–H groups in total. The summed E-state index contributed by atoms with van der Waals surface area (Å²) in [6, 6.07) is 5.49. The molecule has 5 heteroatoms. The highest BCUT2D eigenvalue weighted by molar-refractivity contribution is 6.01. The van der Waals surface area contributed by atoms with Crippen LogP contribution in [0.15, 0.2) is 18.2 Å². The molecule has 84 valence electrons. The van der Waals surface area contributed by atoms with Crippen LogP contribution in [0, 0.1) is 5.41 Å². The van der Waals surface area contributed by atoms with Gasteiger partial charge in [0.05, 0.1) is 5.69 Å². The molecule has 0 aliphatic carbocycles. The number of H-pyrrole nitrogens is 1. The Bertz CT molecular complexity index is 524. The molecule has 0 aliphatic rings. The van der Waals surface area contributed by atoms with Crippen LogP contribution in [-0.2, 0) is 4.79 Å². The van der Waals surface area contributed by atoms with Crippen molar-refractivity contribution in [1.29, 1.82) is 0 Å². The highest BCUT2D eigenvalue weighted by Crippen LogP contribution is 2.22. The normalized spacial score (nSPS) is 11.7. The third-order valence-electron chi connectivity index (χ3n) is 2.28. The van der Waals surface area contributed by atoms with E-state index in [1.165, 1.54) is 0 Å². The maximum atomic E-state index is 11.8. The lowest BCUT2D eigenvalue weighted by Gasteiger charge is -2.17. The van der Waals surface area contributed by atoms with Gasteiger partial charge in [0.25, 0.3) is 0 Å². The molecule has 1 aromatic carbocycles. The van der Waals surface area contributed by atoms with Crippen molar-refractivity contribution >= 4 is 22.6 Å². The average molecular weight is 218 g/mol. The highest BCUT2D eigenvalue weighted by atomic mass is 16.2. The number of aromatic amines is 1. The fourth-order valence-electron chi connectivity index (χ4n) is 1.28. The number of hydrogen-bond donors (Lipinski definition) is 2. The van der Waals surface area contributed by atoms with E-state index < -0.39 is 5.41 Å². The fraction of sp³-hybridized carbons (Fsp3) is 0.364. The van der Waals surface area contributed by atoms with E-state index >= 15 is 0 Å². The van der Waals surface area contributed by atoms with Crippen LogP contribution in [0.25, 0.3) is 11.0 Å². The number of rotatable bonds is 1. The van der Waals surface area contributed by atoms with E-state index in [0.29, 0.717) is 11.2 Å².